The maximum atomic E-state index is 12.4. The third kappa shape index (κ3) is 3.47. The number of H-pyrrole nitrogens is 1. The van der Waals surface area contributed by atoms with E-state index in [1.165, 1.54) is 0 Å². The Labute approximate surface area is 152 Å². The molecule has 0 radical (unpaired) electrons. The summed E-state index contributed by atoms with van der Waals surface area (Å²) in [6.07, 6.45) is 0. The number of hydrogen-bond acceptors (Lipinski definition) is 2. The van der Waals surface area contributed by atoms with Crippen LogP contribution in [0.25, 0.3) is 10.9 Å². The van der Waals surface area contributed by atoms with Gasteiger partial charge in [-0.25, -0.2) is 0 Å². The second-order valence-electron chi connectivity index (χ2n) is 6.63. The van der Waals surface area contributed by atoms with E-state index in [1.54, 1.807) is 6.07 Å². The highest BCUT2D eigenvalue weighted by molar-refractivity contribution is 6.02. The molecule has 0 atom stereocenters. The summed E-state index contributed by atoms with van der Waals surface area (Å²) in [5.74, 6) is -0.507. The lowest BCUT2D eigenvalue weighted by atomic mass is 10.1. The molecule has 0 bridgehead atoms. The van der Waals surface area contributed by atoms with Crippen LogP contribution in [0.5, 0.6) is 0 Å². The van der Waals surface area contributed by atoms with E-state index in [4.69, 9.17) is 0 Å². The first-order chi connectivity index (χ1) is 12.4. The van der Waals surface area contributed by atoms with Crippen molar-refractivity contribution in [2.24, 2.45) is 0 Å². The van der Waals surface area contributed by atoms with E-state index in [0.717, 1.165) is 39.0 Å². The van der Waals surface area contributed by atoms with Gasteiger partial charge in [0.2, 0.25) is 5.91 Å². The van der Waals surface area contributed by atoms with E-state index in [9.17, 15) is 9.59 Å². The largest absolute Gasteiger partial charge is 0.358 e. The summed E-state index contributed by atoms with van der Waals surface area (Å²) in [4.78, 5) is 27.9. The molecule has 2 aromatic carbocycles. The molecule has 0 unspecified atom stereocenters. The van der Waals surface area contributed by atoms with Crippen molar-refractivity contribution in [3.05, 3.63) is 64.3 Å². The van der Waals surface area contributed by atoms with Gasteiger partial charge in [-0.1, -0.05) is 18.2 Å². The predicted molar refractivity (Wildman–Crippen MR) is 105 cm³/mol. The molecule has 0 spiro atoms. The Morgan fingerprint density at radius 3 is 2.38 bits per heavy atom. The SMILES string of the molecule is Cc1cccc(C)c1NC(=O)CNC(=O)c1ccc2[nH]c(C)c(C)c2c1. The highest BCUT2D eigenvalue weighted by Gasteiger charge is 2.12. The fourth-order valence-electron chi connectivity index (χ4n) is 3.06. The lowest BCUT2D eigenvalue weighted by Gasteiger charge is -2.12. The molecule has 0 saturated carbocycles. The number of nitrogens with one attached hydrogen (secondary N) is 3. The van der Waals surface area contributed by atoms with Crippen molar-refractivity contribution in [1.82, 2.24) is 10.3 Å². The van der Waals surface area contributed by atoms with Gasteiger partial charge < -0.3 is 15.6 Å². The average molecular weight is 349 g/mol. The summed E-state index contributed by atoms with van der Waals surface area (Å²) >= 11 is 0. The minimum Gasteiger partial charge on any atom is -0.358 e. The number of aryl methyl sites for hydroxylation is 4. The van der Waals surface area contributed by atoms with Gasteiger partial charge >= 0.3 is 0 Å². The second-order valence-corrected chi connectivity index (χ2v) is 6.63. The van der Waals surface area contributed by atoms with Crippen molar-refractivity contribution in [3.8, 4) is 0 Å². The topological polar surface area (TPSA) is 74.0 Å². The minimum atomic E-state index is -0.262. The van der Waals surface area contributed by atoms with Crippen LogP contribution >= 0.6 is 0 Å². The van der Waals surface area contributed by atoms with Crippen LogP contribution in [0.3, 0.4) is 0 Å². The van der Waals surface area contributed by atoms with Gasteiger partial charge in [-0.05, 0) is 62.6 Å². The number of anilines is 1. The smallest absolute Gasteiger partial charge is 0.251 e. The Hall–Kier alpha value is -3.08. The molecule has 0 saturated heterocycles. The number of carbonyl (C=O) groups excluding carboxylic acids is 2. The minimum absolute atomic E-state index is 0.0736. The van der Waals surface area contributed by atoms with Crippen molar-refractivity contribution >= 4 is 28.4 Å². The summed E-state index contributed by atoms with van der Waals surface area (Å²) in [7, 11) is 0. The van der Waals surface area contributed by atoms with Gasteiger partial charge in [0.15, 0.2) is 0 Å². The van der Waals surface area contributed by atoms with Crippen LogP contribution in [0.2, 0.25) is 0 Å². The van der Waals surface area contributed by atoms with Crippen molar-refractivity contribution in [2.45, 2.75) is 27.7 Å². The number of aromatic nitrogens is 1. The number of benzene rings is 2. The van der Waals surface area contributed by atoms with E-state index < -0.39 is 0 Å². The molecular formula is C21H23N3O2. The molecule has 1 aromatic heterocycles. The van der Waals surface area contributed by atoms with E-state index in [-0.39, 0.29) is 18.4 Å². The normalized spacial score (nSPS) is 10.8. The molecule has 26 heavy (non-hydrogen) atoms. The van der Waals surface area contributed by atoms with Crippen LogP contribution in [0.1, 0.15) is 32.7 Å². The monoisotopic (exact) mass is 349 g/mol. The standard InChI is InChI=1S/C21H23N3O2/c1-12-6-5-7-13(2)20(12)24-19(25)11-22-21(26)16-8-9-18-17(10-16)14(3)15(4)23-18/h5-10,23H,11H2,1-4H3,(H,22,26)(H,24,25). The van der Waals surface area contributed by atoms with Gasteiger partial charge in [-0.2, -0.15) is 0 Å². The lowest BCUT2D eigenvalue weighted by Crippen LogP contribution is -2.33. The van der Waals surface area contributed by atoms with E-state index in [0.29, 0.717) is 5.56 Å². The van der Waals surface area contributed by atoms with Gasteiger partial charge in [0.1, 0.15) is 0 Å². The number of para-hydroxylation sites is 1. The highest BCUT2D eigenvalue weighted by Crippen LogP contribution is 2.22. The first kappa shape index (κ1) is 17.7. The number of fused-ring (bicyclic) bond motifs is 1. The van der Waals surface area contributed by atoms with Crippen molar-refractivity contribution in [1.29, 1.82) is 0 Å². The van der Waals surface area contributed by atoms with Crippen LogP contribution in [-0.4, -0.2) is 23.3 Å². The molecule has 134 valence electrons. The third-order valence-electron chi connectivity index (χ3n) is 4.73. The Balaban J connectivity index is 1.67. The van der Waals surface area contributed by atoms with Gasteiger partial charge in [0.25, 0.3) is 5.91 Å². The number of hydrogen-bond donors (Lipinski definition) is 3. The van der Waals surface area contributed by atoms with Crippen LogP contribution in [0.4, 0.5) is 5.69 Å². The Kier molecular flexibility index (Phi) is 4.80. The second kappa shape index (κ2) is 7.04. The van der Waals surface area contributed by atoms with Crippen LogP contribution in [0, 0.1) is 27.7 Å². The van der Waals surface area contributed by atoms with Gasteiger partial charge in [0, 0.05) is 27.8 Å². The maximum absolute atomic E-state index is 12.4. The summed E-state index contributed by atoms with van der Waals surface area (Å²) in [6, 6.07) is 11.3. The van der Waals surface area contributed by atoms with E-state index >= 15 is 0 Å². The quantitative estimate of drug-likeness (QED) is 0.671. The molecule has 0 aliphatic heterocycles. The Morgan fingerprint density at radius 1 is 1.00 bits per heavy atom. The number of carbonyl (C=O) groups is 2. The first-order valence-corrected chi connectivity index (χ1v) is 8.60. The summed E-state index contributed by atoms with van der Waals surface area (Å²) in [6.45, 7) is 7.84. The fourth-order valence-corrected chi connectivity index (χ4v) is 3.06. The molecule has 5 nitrogen and oxygen atoms in total. The highest BCUT2D eigenvalue weighted by atomic mass is 16.2. The summed E-state index contributed by atoms with van der Waals surface area (Å²) < 4.78 is 0. The zero-order valence-electron chi connectivity index (χ0n) is 15.5. The lowest BCUT2D eigenvalue weighted by molar-refractivity contribution is -0.115. The Bertz CT molecular complexity index is 982. The van der Waals surface area contributed by atoms with Crippen LogP contribution in [0.15, 0.2) is 36.4 Å². The van der Waals surface area contributed by atoms with Gasteiger partial charge in [-0.15, -0.1) is 0 Å². The zero-order chi connectivity index (χ0) is 18.8. The number of aromatic amines is 1. The van der Waals surface area contributed by atoms with Crippen molar-refractivity contribution in [3.63, 3.8) is 0 Å². The molecule has 5 heteroatoms. The molecule has 0 aliphatic carbocycles. The van der Waals surface area contributed by atoms with E-state index in [2.05, 4.69) is 15.6 Å². The van der Waals surface area contributed by atoms with Crippen LogP contribution < -0.4 is 10.6 Å². The van der Waals surface area contributed by atoms with Crippen molar-refractivity contribution in [2.75, 3.05) is 11.9 Å². The Morgan fingerprint density at radius 2 is 1.69 bits per heavy atom. The molecule has 3 rings (SSSR count). The average Bonchev–Trinajstić information content (AvgIpc) is 2.90. The molecular weight excluding hydrogens is 326 g/mol. The zero-order valence-corrected chi connectivity index (χ0v) is 15.5. The van der Waals surface area contributed by atoms with E-state index in [1.807, 2.05) is 58.0 Å². The first-order valence-electron chi connectivity index (χ1n) is 8.60. The summed E-state index contributed by atoms with van der Waals surface area (Å²) in [5.41, 5.74) is 6.55. The maximum Gasteiger partial charge on any atom is 0.251 e. The summed E-state index contributed by atoms with van der Waals surface area (Å²) in [5, 5.41) is 6.58. The van der Waals surface area contributed by atoms with Crippen LogP contribution in [-0.2, 0) is 4.79 Å². The molecule has 3 aromatic rings. The molecule has 1 heterocycles. The fraction of sp³-hybridized carbons (Fsp3) is 0.238. The van der Waals surface area contributed by atoms with Crippen molar-refractivity contribution < 1.29 is 9.59 Å². The number of rotatable bonds is 4. The predicted octanol–water partition coefficient (Wildman–Crippen LogP) is 3.77. The molecule has 0 aliphatic rings. The molecule has 0 fully saturated rings. The van der Waals surface area contributed by atoms with Gasteiger partial charge in [0.05, 0.1) is 6.54 Å². The third-order valence-corrected chi connectivity index (χ3v) is 4.73. The number of amides is 2. The van der Waals surface area contributed by atoms with Gasteiger partial charge in [-0.3, -0.25) is 9.59 Å². The molecule has 2 amide bonds. The molecule has 3 N–H and O–H groups in total.